The van der Waals surface area contributed by atoms with Crippen LogP contribution in [0.4, 0.5) is 0 Å². The molecule has 0 spiro atoms. The molecule has 0 bridgehead atoms. The molecule has 1 N–H and O–H groups in total. The number of carbonyl (C=O) groups excluding carboxylic acids is 1. The second-order valence-corrected chi connectivity index (χ2v) is 11.9. The van der Waals surface area contributed by atoms with Crippen molar-refractivity contribution in [2.45, 2.75) is 58.1 Å². The van der Waals surface area contributed by atoms with Gasteiger partial charge in [0.25, 0.3) is 5.91 Å². The van der Waals surface area contributed by atoms with E-state index in [4.69, 9.17) is 27.9 Å². The number of hydrogen-bond acceptors (Lipinski definition) is 5. The van der Waals surface area contributed by atoms with Gasteiger partial charge in [-0.25, -0.2) is 4.72 Å². The molecule has 2 aliphatic rings. The van der Waals surface area contributed by atoms with Crippen LogP contribution >= 0.6 is 23.2 Å². The van der Waals surface area contributed by atoms with Crippen LogP contribution in [0.1, 0.15) is 54.1 Å². The van der Waals surface area contributed by atoms with Gasteiger partial charge in [0, 0.05) is 43.3 Å². The van der Waals surface area contributed by atoms with Gasteiger partial charge in [0.2, 0.25) is 0 Å². The highest BCUT2D eigenvalue weighted by molar-refractivity contribution is 7.87. The lowest BCUT2D eigenvalue weighted by Gasteiger charge is -2.41. The number of benzene rings is 2. The van der Waals surface area contributed by atoms with Gasteiger partial charge in [0.15, 0.2) is 0 Å². The summed E-state index contributed by atoms with van der Waals surface area (Å²) in [6, 6.07) is 10.9. The van der Waals surface area contributed by atoms with Crippen LogP contribution in [0.25, 0.3) is 0 Å². The Morgan fingerprint density at radius 2 is 1.64 bits per heavy atom. The fraction of sp³-hybridized carbons (Fsp3) is 0.500. The molecule has 2 aliphatic heterocycles. The van der Waals surface area contributed by atoms with E-state index < -0.39 is 16.1 Å². The summed E-state index contributed by atoms with van der Waals surface area (Å²) >= 11 is 12.3. The number of rotatable bonds is 7. The molecule has 0 atom stereocenters. The summed E-state index contributed by atoms with van der Waals surface area (Å²) in [5, 5.41) is 1.05. The highest BCUT2D eigenvalue weighted by Gasteiger charge is 2.33. The Morgan fingerprint density at radius 3 is 2.25 bits per heavy atom. The van der Waals surface area contributed by atoms with Crippen molar-refractivity contribution in [3.8, 4) is 5.75 Å². The van der Waals surface area contributed by atoms with Gasteiger partial charge in [-0.05, 0) is 68.9 Å². The van der Waals surface area contributed by atoms with Gasteiger partial charge in [-0.3, -0.25) is 4.79 Å². The van der Waals surface area contributed by atoms with Crippen LogP contribution in [0.2, 0.25) is 10.0 Å². The maximum atomic E-state index is 12.8. The summed E-state index contributed by atoms with van der Waals surface area (Å²) in [6.45, 7) is 6.50. The van der Waals surface area contributed by atoms with Crippen LogP contribution in [-0.4, -0.2) is 61.9 Å². The van der Waals surface area contributed by atoms with E-state index in [-0.39, 0.29) is 6.10 Å². The molecule has 0 saturated carbocycles. The zero-order valence-corrected chi connectivity index (χ0v) is 23.0. The number of nitrogens with zero attached hydrogens (tertiary/aromatic N) is 2. The van der Waals surface area contributed by atoms with Gasteiger partial charge >= 0.3 is 10.2 Å². The molecule has 0 unspecified atom stereocenters. The number of hydrogen-bond donors (Lipinski definition) is 1. The highest BCUT2D eigenvalue weighted by atomic mass is 35.5. The molecular weight excluding hydrogens is 521 g/mol. The third kappa shape index (κ3) is 6.34. The van der Waals surface area contributed by atoms with Gasteiger partial charge < -0.3 is 9.64 Å². The maximum absolute atomic E-state index is 12.8. The lowest BCUT2D eigenvalue weighted by molar-refractivity contribution is 0.0581. The van der Waals surface area contributed by atoms with Crippen molar-refractivity contribution in [1.29, 1.82) is 0 Å². The van der Waals surface area contributed by atoms with Crippen molar-refractivity contribution in [2.24, 2.45) is 0 Å². The number of piperidine rings is 2. The molecule has 0 aromatic heterocycles. The molecule has 2 aromatic carbocycles. The maximum Gasteiger partial charge on any atom is 0.304 e. The Balaban J connectivity index is 1.25. The van der Waals surface area contributed by atoms with E-state index in [0.717, 1.165) is 62.1 Å². The summed E-state index contributed by atoms with van der Waals surface area (Å²) in [4.78, 5) is 14.9. The first-order chi connectivity index (χ1) is 17.2. The molecule has 2 saturated heterocycles. The van der Waals surface area contributed by atoms with E-state index in [1.165, 1.54) is 4.31 Å². The first-order valence-electron chi connectivity index (χ1n) is 12.4. The molecule has 10 heteroatoms. The van der Waals surface area contributed by atoms with Crippen LogP contribution in [0, 0.1) is 6.92 Å². The summed E-state index contributed by atoms with van der Waals surface area (Å²) in [5.74, 6) is 0.170. The molecule has 2 fully saturated rings. The first kappa shape index (κ1) is 27.2. The van der Waals surface area contributed by atoms with E-state index in [1.807, 2.05) is 32.0 Å². The molecule has 1 amide bonds. The van der Waals surface area contributed by atoms with Crippen LogP contribution in [0.5, 0.6) is 5.75 Å². The number of amides is 1. The SMILES string of the molecule is CCc1ccc(C(=O)NS(=O)(=O)N2CCC(N3CCC(Oc4ccc(Cl)c(Cl)c4C)CC3)CC2)cc1. The summed E-state index contributed by atoms with van der Waals surface area (Å²) in [5.41, 5.74) is 2.29. The van der Waals surface area contributed by atoms with Gasteiger partial charge in [0.05, 0.1) is 10.0 Å². The number of aryl methyl sites for hydroxylation is 1. The van der Waals surface area contributed by atoms with Gasteiger partial charge in [-0.2, -0.15) is 12.7 Å². The fourth-order valence-electron chi connectivity index (χ4n) is 4.88. The second kappa shape index (κ2) is 11.7. The molecule has 0 aliphatic carbocycles. The van der Waals surface area contributed by atoms with E-state index in [0.29, 0.717) is 34.7 Å². The van der Waals surface area contributed by atoms with Crippen LogP contribution in [0.3, 0.4) is 0 Å². The van der Waals surface area contributed by atoms with E-state index >= 15 is 0 Å². The summed E-state index contributed by atoms with van der Waals surface area (Å²) in [7, 11) is -3.88. The standard InChI is InChI=1S/C26H33Cl2N3O4S/c1-3-19-4-6-20(7-5-19)26(32)29-36(33,34)31-16-10-21(11-17-31)30-14-12-22(13-15-30)35-24-9-8-23(27)25(28)18(24)2/h4-9,21-22H,3,10-17H2,1-2H3,(H,29,32). The number of carbonyl (C=O) groups is 1. The highest BCUT2D eigenvalue weighted by Crippen LogP contribution is 2.34. The van der Waals surface area contributed by atoms with E-state index in [1.54, 1.807) is 18.2 Å². The van der Waals surface area contributed by atoms with Crippen molar-refractivity contribution < 1.29 is 17.9 Å². The minimum atomic E-state index is -3.88. The second-order valence-electron chi connectivity index (χ2n) is 9.45. The Kier molecular flexibility index (Phi) is 8.83. The Labute approximate surface area is 223 Å². The zero-order valence-electron chi connectivity index (χ0n) is 20.7. The van der Waals surface area contributed by atoms with Crippen molar-refractivity contribution in [2.75, 3.05) is 26.2 Å². The van der Waals surface area contributed by atoms with Gasteiger partial charge in [0.1, 0.15) is 11.9 Å². The van der Waals surface area contributed by atoms with Crippen LogP contribution in [0.15, 0.2) is 36.4 Å². The molecule has 36 heavy (non-hydrogen) atoms. The number of ether oxygens (including phenoxy) is 1. The van der Waals surface area contributed by atoms with Crippen LogP contribution < -0.4 is 9.46 Å². The molecule has 4 rings (SSSR count). The molecule has 2 aromatic rings. The summed E-state index contributed by atoms with van der Waals surface area (Å²) < 4.78 is 35.4. The summed E-state index contributed by atoms with van der Waals surface area (Å²) in [6.07, 6.45) is 4.22. The predicted octanol–water partition coefficient (Wildman–Crippen LogP) is 4.85. The fourth-order valence-corrected chi connectivity index (χ4v) is 6.41. The minimum Gasteiger partial charge on any atom is -0.490 e. The molecule has 7 nitrogen and oxygen atoms in total. The van der Waals surface area contributed by atoms with Crippen molar-refractivity contribution in [1.82, 2.24) is 13.9 Å². The van der Waals surface area contributed by atoms with Crippen molar-refractivity contribution in [3.05, 3.63) is 63.1 Å². The largest absolute Gasteiger partial charge is 0.490 e. The minimum absolute atomic E-state index is 0.110. The van der Waals surface area contributed by atoms with Crippen molar-refractivity contribution in [3.63, 3.8) is 0 Å². The Bertz CT molecular complexity index is 1170. The average Bonchev–Trinajstić information content (AvgIpc) is 2.89. The Hall–Kier alpha value is -1.84. The lowest BCUT2D eigenvalue weighted by Crippen LogP contribution is -2.52. The van der Waals surface area contributed by atoms with Gasteiger partial charge in [-0.15, -0.1) is 0 Å². The average molecular weight is 555 g/mol. The molecule has 196 valence electrons. The number of likely N-dealkylation sites (tertiary alicyclic amines) is 1. The monoisotopic (exact) mass is 553 g/mol. The number of halogens is 2. The van der Waals surface area contributed by atoms with E-state index in [9.17, 15) is 13.2 Å². The number of nitrogens with one attached hydrogen (secondary N) is 1. The Morgan fingerprint density at radius 1 is 1.00 bits per heavy atom. The normalized spacial score (nSPS) is 18.8. The first-order valence-corrected chi connectivity index (χ1v) is 14.6. The van der Waals surface area contributed by atoms with Gasteiger partial charge in [-0.1, -0.05) is 42.3 Å². The quantitative estimate of drug-likeness (QED) is 0.530. The molecule has 2 heterocycles. The van der Waals surface area contributed by atoms with E-state index in [2.05, 4.69) is 9.62 Å². The van der Waals surface area contributed by atoms with Crippen LogP contribution in [-0.2, 0) is 16.6 Å². The predicted molar refractivity (Wildman–Crippen MR) is 143 cm³/mol. The zero-order chi connectivity index (χ0) is 25.9. The smallest absolute Gasteiger partial charge is 0.304 e. The molecule has 0 radical (unpaired) electrons. The third-order valence-corrected chi connectivity index (χ3v) is 9.57. The van der Waals surface area contributed by atoms with Crippen molar-refractivity contribution >= 4 is 39.3 Å². The third-order valence-electron chi connectivity index (χ3n) is 7.19. The lowest BCUT2D eigenvalue weighted by atomic mass is 10.00. The molecular formula is C26H33Cl2N3O4S. The topological polar surface area (TPSA) is 79.0 Å².